The van der Waals surface area contributed by atoms with E-state index in [1.807, 2.05) is 17.2 Å². The molecule has 0 amide bonds. The molecule has 4 heterocycles. The zero-order valence-electron chi connectivity index (χ0n) is 24.6. The summed E-state index contributed by atoms with van der Waals surface area (Å²) in [5.74, 6) is 2.07. The Morgan fingerprint density at radius 3 is 2.61 bits per heavy atom. The molecule has 4 atom stereocenters. The minimum atomic E-state index is -3.26. The van der Waals surface area contributed by atoms with Crippen LogP contribution in [0.5, 0.6) is 0 Å². The Kier molecular flexibility index (Phi) is 8.36. The molecule has 0 bridgehead atoms. The van der Waals surface area contributed by atoms with Gasteiger partial charge in [0.15, 0.2) is 0 Å². The number of likely N-dealkylation sites (N-methyl/N-ethyl adjacent to an activating group) is 1. The molecule has 2 fully saturated rings. The Morgan fingerprint density at radius 2 is 1.95 bits per heavy atom. The van der Waals surface area contributed by atoms with Crippen molar-refractivity contribution in [1.29, 1.82) is 0 Å². The number of nitrogens with zero attached hydrogens (tertiary/aromatic N) is 6. The fraction of sp³-hybridized carbons (Fsp3) is 0.552. The number of alkyl halides is 1. The first-order valence-corrected chi connectivity index (χ1v) is 15.8. The van der Waals surface area contributed by atoms with Gasteiger partial charge in [-0.1, -0.05) is 19.9 Å². The molecule has 1 aromatic carbocycles. The Hall–Kier alpha value is -3.09. The number of aromatic nitrogens is 3. The largest absolute Gasteiger partial charge is 0.378 e. The maximum atomic E-state index is 14.5. The average molecular weight is 586 g/mol. The van der Waals surface area contributed by atoms with Gasteiger partial charge in [-0.15, -0.1) is 0 Å². The predicted octanol–water partition coefficient (Wildman–Crippen LogP) is 4.31. The van der Waals surface area contributed by atoms with Crippen LogP contribution < -0.4 is 15.1 Å². The van der Waals surface area contributed by atoms with Crippen molar-refractivity contribution < 1.29 is 17.5 Å². The van der Waals surface area contributed by atoms with E-state index in [4.69, 9.17) is 9.72 Å². The summed E-state index contributed by atoms with van der Waals surface area (Å²) in [6, 6.07) is 8.03. The molecular formula is C29H40FN7O3S. The average Bonchev–Trinajstić information content (AvgIpc) is 2.96. The van der Waals surface area contributed by atoms with Crippen molar-refractivity contribution in [2.75, 3.05) is 54.7 Å². The molecule has 5 rings (SSSR count). The Morgan fingerprint density at radius 1 is 1.17 bits per heavy atom. The molecule has 0 saturated carbocycles. The minimum absolute atomic E-state index is 0.0320. The van der Waals surface area contributed by atoms with Crippen LogP contribution in [-0.2, 0) is 14.8 Å². The first-order chi connectivity index (χ1) is 19.5. The van der Waals surface area contributed by atoms with E-state index in [1.165, 1.54) is 17.0 Å². The number of benzene rings is 1. The van der Waals surface area contributed by atoms with E-state index in [1.54, 1.807) is 26.2 Å². The molecule has 1 N–H and O–H groups in total. The van der Waals surface area contributed by atoms with Gasteiger partial charge in [-0.2, -0.15) is 9.29 Å². The van der Waals surface area contributed by atoms with E-state index in [0.717, 1.165) is 16.5 Å². The van der Waals surface area contributed by atoms with Gasteiger partial charge < -0.3 is 19.9 Å². The fourth-order valence-electron chi connectivity index (χ4n) is 5.84. The zero-order chi connectivity index (χ0) is 29.5. The summed E-state index contributed by atoms with van der Waals surface area (Å²) >= 11 is 0. The number of hydrogen-bond donors (Lipinski definition) is 1. The predicted molar refractivity (Wildman–Crippen MR) is 161 cm³/mol. The van der Waals surface area contributed by atoms with Crippen LogP contribution in [0.25, 0.3) is 10.8 Å². The number of methoxy groups -OCH3 is 1. The van der Waals surface area contributed by atoms with Crippen LogP contribution in [0.15, 0.2) is 36.7 Å². The molecule has 2 unspecified atom stereocenters. The maximum Gasteiger partial charge on any atom is 0.227 e. The summed E-state index contributed by atoms with van der Waals surface area (Å²) in [6.45, 7) is 9.50. The van der Waals surface area contributed by atoms with Gasteiger partial charge in [-0.05, 0) is 55.3 Å². The number of hydrogen-bond acceptors (Lipinski definition) is 9. The summed E-state index contributed by atoms with van der Waals surface area (Å²) in [5, 5.41) is 5.41. The van der Waals surface area contributed by atoms with Gasteiger partial charge in [0.1, 0.15) is 17.8 Å². The van der Waals surface area contributed by atoms with Gasteiger partial charge >= 0.3 is 0 Å². The van der Waals surface area contributed by atoms with Gasteiger partial charge in [-0.3, -0.25) is 0 Å². The highest BCUT2D eigenvalue weighted by molar-refractivity contribution is 7.89. The number of pyridine rings is 1. The smallest absolute Gasteiger partial charge is 0.227 e. The number of ether oxygens (including phenoxy) is 1. The molecule has 41 heavy (non-hydrogen) atoms. The highest BCUT2D eigenvalue weighted by atomic mass is 32.2. The molecular weight excluding hydrogens is 545 g/mol. The standard InChI is InChI=1S/C29H40FN7O3S/c1-7-41(38,39)35(5)25-17-37(19(25)4)24-9-8-20(18(2)3)21-14-28(32-15-22(21)24)33-27-10-12-31-29(34-27)36-13-11-26(40-6)23(30)16-36/h8-10,12,14-15,18-19,23,25-26H,7,11,13,16-17H2,1-6H3,(H,31,32,33,34)/t19-,23?,25+,26?/m1/s1. The van der Waals surface area contributed by atoms with Crippen LogP contribution in [0.2, 0.25) is 0 Å². The summed E-state index contributed by atoms with van der Waals surface area (Å²) in [4.78, 5) is 17.8. The first-order valence-electron chi connectivity index (χ1n) is 14.2. The number of nitrogens with one attached hydrogen (secondary N) is 1. The topological polar surface area (TPSA) is 104 Å². The van der Waals surface area contributed by atoms with E-state index in [0.29, 0.717) is 43.0 Å². The molecule has 2 aliphatic rings. The van der Waals surface area contributed by atoms with Crippen LogP contribution in [0.3, 0.4) is 0 Å². The van der Waals surface area contributed by atoms with Crippen LogP contribution in [0.4, 0.5) is 27.7 Å². The fourth-order valence-corrected chi connectivity index (χ4v) is 6.90. The third-order valence-electron chi connectivity index (χ3n) is 8.51. The van der Waals surface area contributed by atoms with Crippen LogP contribution in [0, 0.1) is 0 Å². The lowest BCUT2D eigenvalue weighted by molar-refractivity contribution is 0.0194. The van der Waals surface area contributed by atoms with Gasteiger partial charge in [-0.25, -0.2) is 22.8 Å². The molecule has 0 radical (unpaired) electrons. The van der Waals surface area contributed by atoms with Crippen molar-refractivity contribution in [3.8, 4) is 0 Å². The van der Waals surface area contributed by atoms with Crippen LogP contribution in [-0.4, -0.2) is 91.6 Å². The number of halogens is 1. The third kappa shape index (κ3) is 5.69. The number of rotatable bonds is 9. The van der Waals surface area contributed by atoms with Crippen molar-refractivity contribution >= 4 is 44.1 Å². The van der Waals surface area contributed by atoms with Crippen LogP contribution >= 0.6 is 0 Å². The summed E-state index contributed by atoms with van der Waals surface area (Å²) in [5.41, 5.74) is 2.24. The first kappa shape index (κ1) is 29.4. The molecule has 2 saturated heterocycles. The van der Waals surface area contributed by atoms with Gasteiger partial charge in [0.2, 0.25) is 16.0 Å². The second-order valence-electron chi connectivity index (χ2n) is 11.2. The third-order valence-corrected chi connectivity index (χ3v) is 10.4. The molecule has 0 spiro atoms. The molecule has 0 aliphatic carbocycles. The summed E-state index contributed by atoms with van der Waals surface area (Å²) in [7, 11) is -0.0481. The van der Waals surface area contributed by atoms with Crippen molar-refractivity contribution in [2.24, 2.45) is 0 Å². The van der Waals surface area contributed by atoms with Crippen molar-refractivity contribution in [1.82, 2.24) is 19.3 Å². The lowest BCUT2D eigenvalue weighted by Crippen LogP contribution is -2.66. The number of fused-ring (bicyclic) bond motifs is 1. The van der Waals surface area contributed by atoms with E-state index >= 15 is 0 Å². The molecule has 12 heteroatoms. The van der Waals surface area contributed by atoms with Crippen molar-refractivity contribution in [3.05, 3.63) is 42.2 Å². The van der Waals surface area contributed by atoms with E-state index in [9.17, 15) is 12.8 Å². The van der Waals surface area contributed by atoms with Gasteiger partial charge in [0.25, 0.3) is 0 Å². The monoisotopic (exact) mass is 585 g/mol. The maximum absolute atomic E-state index is 14.5. The number of piperidine rings is 1. The van der Waals surface area contributed by atoms with Crippen molar-refractivity contribution in [3.63, 3.8) is 0 Å². The van der Waals surface area contributed by atoms with E-state index < -0.39 is 22.3 Å². The van der Waals surface area contributed by atoms with Crippen LogP contribution in [0.1, 0.15) is 45.6 Å². The minimum Gasteiger partial charge on any atom is -0.378 e. The highest BCUT2D eigenvalue weighted by Crippen LogP contribution is 2.39. The molecule has 3 aromatic rings. The normalized spacial score (nSPS) is 23.3. The Bertz CT molecular complexity index is 1510. The highest BCUT2D eigenvalue weighted by Gasteiger charge is 2.42. The van der Waals surface area contributed by atoms with Gasteiger partial charge in [0.05, 0.1) is 24.4 Å². The molecule has 222 valence electrons. The SMILES string of the molecule is CCS(=O)(=O)N(C)[C@H]1CN(c2ccc(C(C)C)c3cc(Nc4ccnc(N5CCC(OC)C(F)C5)n4)ncc23)[C@@H]1C. The quantitative estimate of drug-likeness (QED) is 0.393. The second-order valence-corrected chi connectivity index (χ2v) is 13.5. The second kappa shape index (κ2) is 11.7. The number of sulfonamides is 1. The lowest BCUT2D eigenvalue weighted by Gasteiger charge is -2.51. The number of anilines is 4. The Balaban J connectivity index is 1.40. The lowest BCUT2D eigenvalue weighted by atomic mass is 9.92. The molecule has 2 aliphatic heterocycles. The molecule has 2 aromatic heterocycles. The van der Waals surface area contributed by atoms with E-state index in [-0.39, 0.29) is 24.4 Å². The van der Waals surface area contributed by atoms with Gasteiger partial charge in [0, 0.05) is 56.8 Å². The molecule has 10 nitrogen and oxygen atoms in total. The summed E-state index contributed by atoms with van der Waals surface area (Å²) in [6.07, 6.45) is 2.62. The van der Waals surface area contributed by atoms with Crippen molar-refractivity contribution in [2.45, 2.75) is 64.4 Å². The zero-order valence-corrected chi connectivity index (χ0v) is 25.4. The van der Waals surface area contributed by atoms with E-state index in [2.05, 4.69) is 53.1 Å². The summed E-state index contributed by atoms with van der Waals surface area (Å²) < 4.78 is 46.1. The Labute approximate surface area is 242 Å².